The lowest BCUT2D eigenvalue weighted by Crippen LogP contribution is -2.03. The number of ketones is 1. The second kappa shape index (κ2) is 5.23. The number of allylic oxidation sites excluding steroid dienone is 1. The summed E-state index contributed by atoms with van der Waals surface area (Å²) < 4.78 is 0. The van der Waals surface area contributed by atoms with Crippen molar-refractivity contribution < 1.29 is 4.79 Å². The van der Waals surface area contributed by atoms with Crippen molar-refractivity contribution in [2.45, 2.75) is 19.3 Å². The zero-order valence-electron chi connectivity index (χ0n) is 10.8. The maximum atomic E-state index is 12.6. The fourth-order valence-electron chi connectivity index (χ4n) is 2.60. The normalized spacial score (nSPS) is 17.1. The van der Waals surface area contributed by atoms with Crippen molar-refractivity contribution in [1.29, 1.82) is 0 Å². The minimum Gasteiger partial charge on any atom is -0.289 e. The summed E-state index contributed by atoms with van der Waals surface area (Å²) in [6.45, 7) is 0. The van der Waals surface area contributed by atoms with Crippen LogP contribution in [0, 0.1) is 0 Å². The van der Waals surface area contributed by atoms with E-state index in [1.165, 1.54) is 5.56 Å². The van der Waals surface area contributed by atoms with Crippen molar-refractivity contribution in [2.75, 3.05) is 0 Å². The van der Waals surface area contributed by atoms with Crippen LogP contribution in [0.15, 0.2) is 60.2 Å². The van der Waals surface area contributed by atoms with Gasteiger partial charge in [0.15, 0.2) is 5.78 Å². The lowest BCUT2D eigenvalue weighted by Gasteiger charge is -2.04. The van der Waals surface area contributed by atoms with E-state index in [1.54, 1.807) is 0 Å². The van der Waals surface area contributed by atoms with Gasteiger partial charge in [-0.05, 0) is 36.5 Å². The molecule has 19 heavy (non-hydrogen) atoms. The van der Waals surface area contributed by atoms with Gasteiger partial charge < -0.3 is 0 Å². The Morgan fingerprint density at radius 1 is 0.842 bits per heavy atom. The minimum atomic E-state index is 0.192. The summed E-state index contributed by atoms with van der Waals surface area (Å²) in [6, 6.07) is 18.0. The van der Waals surface area contributed by atoms with E-state index in [2.05, 4.69) is 6.07 Å². The molecule has 0 aromatic heterocycles. The highest BCUT2D eigenvalue weighted by Gasteiger charge is 2.19. The van der Waals surface area contributed by atoms with Crippen molar-refractivity contribution in [3.8, 4) is 0 Å². The van der Waals surface area contributed by atoms with Gasteiger partial charge >= 0.3 is 0 Å². The van der Waals surface area contributed by atoms with Crippen LogP contribution in [-0.2, 0) is 6.42 Å². The van der Waals surface area contributed by atoms with Crippen LogP contribution in [0.1, 0.15) is 34.3 Å². The van der Waals surface area contributed by atoms with Gasteiger partial charge in [-0.2, -0.15) is 0 Å². The first-order valence-corrected chi connectivity index (χ1v) is 6.73. The third kappa shape index (κ3) is 2.50. The summed E-state index contributed by atoms with van der Waals surface area (Å²) in [7, 11) is 0. The number of benzene rings is 2. The zero-order chi connectivity index (χ0) is 13.1. The highest BCUT2D eigenvalue weighted by atomic mass is 16.1. The Hall–Kier alpha value is -2.15. The van der Waals surface area contributed by atoms with Crippen LogP contribution in [0.2, 0.25) is 0 Å². The Kier molecular flexibility index (Phi) is 3.28. The molecule has 1 nitrogen and oxygen atoms in total. The Labute approximate surface area is 113 Å². The second-order valence-electron chi connectivity index (χ2n) is 4.92. The van der Waals surface area contributed by atoms with Gasteiger partial charge in [-0.1, -0.05) is 54.6 Å². The molecular formula is C18H16O. The van der Waals surface area contributed by atoms with Gasteiger partial charge in [-0.25, -0.2) is 0 Å². The minimum absolute atomic E-state index is 0.192. The molecule has 94 valence electrons. The maximum Gasteiger partial charge on any atom is 0.189 e. The fraction of sp³-hybridized carbons (Fsp3) is 0.167. The van der Waals surface area contributed by atoms with E-state index in [-0.39, 0.29) is 5.78 Å². The summed E-state index contributed by atoms with van der Waals surface area (Å²) in [5.41, 5.74) is 4.09. The number of aryl methyl sites for hydroxylation is 1. The van der Waals surface area contributed by atoms with Crippen molar-refractivity contribution >= 4 is 11.9 Å². The Morgan fingerprint density at radius 2 is 1.58 bits per heavy atom. The topological polar surface area (TPSA) is 17.1 Å². The van der Waals surface area contributed by atoms with Gasteiger partial charge in [0.2, 0.25) is 0 Å². The molecule has 2 aromatic rings. The molecule has 0 bridgehead atoms. The summed E-state index contributed by atoms with van der Waals surface area (Å²) in [6.07, 6.45) is 4.93. The Balaban J connectivity index is 2.01. The van der Waals surface area contributed by atoms with Crippen LogP contribution in [0.3, 0.4) is 0 Å². The molecule has 1 aliphatic carbocycles. The Morgan fingerprint density at radius 3 is 2.42 bits per heavy atom. The van der Waals surface area contributed by atoms with Crippen LogP contribution in [0.25, 0.3) is 6.08 Å². The number of rotatable bonds is 1. The van der Waals surface area contributed by atoms with Crippen molar-refractivity contribution in [2.24, 2.45) is 0 Å². The van der Waals surface area contributed by atoms with E-state index < -0.39 is 0 Å². The van der Waals surface area contributed by atoms with Crippen LogP contribution in [0.5, 0.6) is 0 Å². The first-order chi connectivity index (χ1) is 9.34. The van der Waals surface area contributed by atoms with E-state index in [0.29, 0.717) is 0 Å². The molecule has 1 heteroatoms. The molecular weight excluding hydrogens is 232 g/mol. The van der Waals surface area contributed by atoms with E-state index in [1.807, 2.05) is 54.6 Å². The smallest absolute Gasteiger partial charge is 0.189 e. The number of hydrogen-bond acceptors (Lipinski definition) is 1. The molecule has 0 spiro atoms. The molecule has 0 radical (unpaired) electrons. The number of carbonyl (C=O) groups excluding carboxylic acids is 1. The number of fused-ring (bicyclic) bond motifs is 1. The summed E-state index contributed by atoms with van der Waals surface area (Å²) in [4.78, 5) is 12.6. The summed E-state index contributed by atoms with van der Waals surface area (Å²) >= 11 is 0. The van der Waals surface area contributed by atoms with E-state index in [4.69, 9.17) is 0 Å². The van der Waals surface area contributed by atoms with E-state index in [9.17, 15) is 4.79 Å². The largest absolute Gasteiger partial charge is 0.289 e. The molecule has 0 aliphatic heterocycles. The molecule has 0 atom stereocenters. The molecule has 3 rings (SSSR count). The number of Topliss-reactive ketones (excluding diaryl/α,β-unsaturated/α-hetero) is 1. The molecule has 1 aliphatic rings. The van der Waals surface area contributed by atoms with Crippen LogP contribution in [-0.4, -0.2) is 5.78 Å². The van der Waals surface area contributed by atoms with E-state index >= 15 is 0 Å². The lowest BCUT2D eigenvalue weighted by atomic mass is 9.98. The van der Waals surface area contributed by atoms with Gasteiger partial charge in [-0.3, -0.25) is 4.79 Å². The molecule has 0 saturated carbocycles. The third-order valence-corrected chi connectivity index (χ3v) is 3.59. The van der Waals surface area contributed by atoms with Crippen LogP contribution in [0.4, 0.5) is 0 Å². The molecule has 2 aromatic carbocycles. The maximum absolute atomic E-state index is 12.6. The molecule has 0 heterocycles. The molecule has 0 amide bonds. The second-order valence-corrected chi connectivity index (χ2v) is 4.92. The highest BCUT2D eigenvalue weighted by molar-refractivity contribution is 6.12. The summed E-state index contributed by atoms with van der Waals surface area (Å²) in [5.74, 6) is 0.192. The van der Waals surface area contributed by atoms with Crippen molar-refractivity contribution in [3.63, 3.8) is 0 Å². The van der Waals surface area contributed by atoms with E-state index in [0.717, 1.165) is 36.0 Å². The van der Waals surface area contributed by atoms with Crippen molar-refractivity contribution in [3.05, 3.63) is 76.9 Å². The molecule has 0 saturated heterocycles. The van der Waals surface area contributed by atoms with Gasteiger partial charge in [0.25, 0.3) is 0 Å². The Bertz CT molecular complexity index is 623. The first kappa shape index (κ1) is 11.9. The van der Waals surface area contributed by atoms with Gasteiger partial charge in [0.05, 0.1) is 0 Å². The van der Waals surface area contributed by atoms with Gasteiger partial charge in [-0.15, -0.1) is 0 Å². The van der Waals surface area contributed by atoms with Crippen LogP contribution < -0.4 is 0 Å². The third-order valence-electron chi connectivity index (χ3n) is 3.59. The average molecular weight is 248 g/mol. The summed E-state index contributed by atoms with van der Waals surface area (Å²) in [5, 5.41) is 0. The standard InChI is InChI=1S/C18H16O/c19-18-16(13-14-7-2-1-3-8-14)11-6-10-15-9-4-5-12-17(15)18/h1-5,7-9,12-13H,6,10-11H2/b16-13-. The average Bonchev–Trinajstić information content (AvgIpc) is 2.61. The first-order valence-electron chi connectivity index (χ1n) is 6.73. The SMILES string of the molecule is O=C1/C(=C\c2ccccc2)CCCc2ccccc21. The lowest BCUT2D eigenvalue weighted by molar-refractivity contribution is 0.103. The highest BCUT2D eigenvalue weighted by Crippen LogP contribution is 2.25. The van der Waals surface area contributed by atoms with Crippen molar-refractivity contribution in [1.82, 2.24) is 0 Å². The predicted molar refractivity (Wildman–Crippen MR) is 78.1 cm³/mol. The van der Waals surface area contributed by atoms with Crippen LogP contribution >= 0.6 is 0 Å². The molecule has 0 unspecified atom stereocenters. The fourth-order valence-corrected chi connectivity index (χ4v) is 2.60. The quantitative estimate of drug-likeness (QED) is 0.543. The molecule has 0 fully saturated rings. The number of hydrogen-bond donors (Lipinski definition) is 0. The monoisotopic (exact) mass is 248 g/mol. The predicted octanol–water partition coefficient (Wildman–Crippen LogP) is 4.29. The molecule has 0 N–H and O–H groups in total. The number of carbonyl (C=O) groups is 1. The van der Waals surface area contributed by atoms with Gasteiger partial charge in [0, 0.05) is 11.1 Å². The van der Waals surface area contributed by atoms with Gasteiger partial charge in [0.1, 0.15) is 0 Å². The zero-order valence-corrected chi connectivity index (χ0v) is 10.8.